The molecular formula is C12H8N4O5. The Morgan fingerprint density at radius 2 is 2.19 bits per heavy atom. The maximum Gasteiger partial charge on any atom is 0.337 e. The molecule has 3 aromatic rings. The highest BCUT2D eigenvalue weighted by atomic mass is 16.5. The van der Waals surface area contributed by atoms with Crippen LogP contribution in [-0.4, -0.2) is 30.8 Å². The summed E-state index contributed by atoms with van der Waals surface area (Å²) in [4.78, 5) is 41.0. The molecule has 9 heteroatoms. The number of hydrogen-bond acceptors (Lipinski definition) is 6. The topological polar surface area (TPSA) is 131 Å². The van der Waals surface area contributed by atoms with Crippen LogP contribution in [-0.2, 0) is 6.54 Å². The number of rotatable bonds is 3. The monoisotopic (exact) mass is 288 g/mol. The van der Waals surface area contributed by atoms with Crippen molar-refractivity contribution in [3.63, 3.8) is 0 Å². The lowest BCUT2D eigenvalue weighted by Crippen LogP contribution is -2.37. The highest BCUT2D eigenvalue weighted by molar-refractivity contribution is 6.00. The average Bonchev–Trinajstić information content (AvgIpc) is 2.96. The van der Waals surface area contributed by atoms with Crippen LogP contribution in [0.25, 0.3) is 11.0 Å². The zero-order chi connectivity index (χ0) is 15.0. The molecule has 0 aliphatic rings. The zero-order valence-electron chi connectivity index (χ0n) is 10.4. The van der Waals surface area contributed by atoms with Crippen LogP contribution in [0.3, 0.4) is 0 Å². The van der Waals surface area contributed by atoms with Crippen LogP contribution in [0.5, 0.6) is 0 Å². The molecule has 0 aliphatic heterocycles. The Kier molecular flexibility index (Phi) is 2.87. The number of carboxylic acid groups (broad SMARTS) is 1. The standard InChI is InChI=1S/C12H8N4O5/c17-10-11(18)16(4-8-13-5-21-15-8)7-3-1-2-6(12(19)20)9(7)14-10/h1-3,5H,4H2,(H,14,17)(H,19,20). The molecule has 0 spiro atoms. The molecule has 106 valence electrons. The smallest absolute Gasteiger partial charge is 0.337 e. The van der Waals surface area contributed by atoms with Gasteiger partial charge in [-0.25, -0.2) is 4.79 Å². The number of carbonyl (C=O) groups is 1. The van der Waals surface area contributed by atoms with Gasteiger partial charge >= 0.3 is 17.1 Å². The van der Waals surface area contributed by atoms with Gasteiger partial charge in [0, 0.05) is 0 Å². The van der Waals surface area contributed by atoms with Gasteiger partial charge in [0.15, 0.2) is 5.82 Å². The predicted molar refractivity (Wildman–Crippen MR) is 69.2 cm³/mol. The number of carboxylic acids is 1. The summed E-state index contributed by atoms with van der Waals surface area (Å²) in [5, 5.41) is 12.7. The largest absolute Gasteiger partial charge is 0.478 e. The third-order valence-corrected chi connectivity index (χ3v) is 2.95. The molecule has 21 heavy (non-hydrogen) atoms. The molecule has 0 bridgehead atoms. The molecule has 0 radical (unpaired) electrons. The van der Waals surface area contributed by atoms with Crippen molar-refractivity contribution in [1.29, 1.82) is 0 Å². The normalized spacial score (nSPS) is 10.9. The zero-order valence-corrected chi connectivity index (χ0v) is 10.4. The highest BCUT2D eigenvalue weighted by Gasteiger charge is 2.15. The third kappa shape index (κ3) is 2.10. The Balaban J connectivity index is 2.35. The fourth-order valence-electron chi connectivity index (χ4n) is 2.03. The number of nitrogens with one attached hydrogen (secondary N) is 1. The first-order valence-corrected chi connectivity index (χ1v) is 5.82. The number of aromatic carboxylic acids is 1. The van der Waals surface area contributed by atoms with Crippen molar-refractivity contribution in [3.05, 3.63) is 56.7 Å². The van der Waals surface area contributed by atoms with Gasteiger partial charge in [0.2, 0.25) is 6.39 Å². The maximum absolute atomic E-state index is 12.0. The van der Waals surface area contributed by atoms with Crippen molar-refractivity contribution in [3.8, 4) is 0 Å². The number of H-pyrrole nitrogens is 1. The maximum atomic E-state index is 12.0. The van der Waals surface area contributed by atoms with E-state index in [1.165, 1.54) is 18.2 Å². The summed E-state index contributed by atoms with van der Waals surface area (Å²) < 4.78 is 5.68. The third-order valence-electron chi connectivity index (χ3n) is 2.95. The Labute approximate surface area is 115 Å². The number of aromatic nitrogens is 4. The number of para-hydroxylation sites is 1. The van der Waals surface area contributed by atoms with Crippen LogP contribution in [0.2, 0.25) is 0 Å². The number of benzene rings is 1. The van der Waals surface area contributed by atoms with Gasteiger partial charge in [0.25, 0.3) is 0 Å². The predicted octanol–water partition coefficient (Wildman–Crippen LogP) is -0.181. The summed E-state index contributed by atoms with van der Waals surface area (Å²) in [5.74, 6) is -1.01. The highest BCUT2D eigenvalue weighted by Crippen LogP contribution is 2.14. The second kappa shape index (κ2) is 4.71. The molecule has 0 atom stereocenters. The first kappa shape index (κ1) is 12.8. The number of aromatic amines is 1. The second-order valence-electron chi connectivity index (χ2n) is 4.20. The van der Waals surface area contributed by atoms with Crippen molar-refractivity contribution in [1.82, 2.24) is 19.7 Å². The van der Waals surface area contributed by atoms with Crippen LogP contribution >= 0.6 is 0 Å². The molecule has 0 amide bonds. The molecule has 2 heterocycles. The van der Waals surface area contributed by atoms with Crippen molar-refractivity contribution in [2.75, 3.05) is 0 Å². The lowest BCUT2D eigenvalue weighted by atomic mass is 10.1. The minimum atomic E-state index is -1.21. The minimum absolute atomic E-state index is 0.0677. The van der Waals surface area contributed by atoms with Gasteiger partial charge < -0.3 is 14.6 Å². The molecule has 3 rings (SSSR count). The number of fused-ring (bicyclic) bond motifs is 1. The number of hydrogen-bond donors (Lipinski definition) is 2. The van der Waals surface area contributed by atoms with Crippen LogP contribution in [0.15, 0.2) is 38.7 Å². The minimum Gasteiger partial charge on any atom is -0.478 e. The van der Waals surface area contributed by atoms with E-state index in [0.717, 1.165) is 11.0 Å². The lowest BCUT2D eigenvalue weighted by Gasteiger charge is -2.08. The van der Waals surface area contributed by atoms with E-state index in [-0.39, 0.29) is 29.0 Å². The number of nitrogens with zero attached hydrogens (tertiary/aromatic N) is 3. The summed E-state index contributed by atoms with van der Waals surface area (Å²) in [6.07, 6.45) is 1.10. The van der Waals surface area contributed by atoms with Crippen molar-refractivity contribution in [2.45, 2.75) is 6.54 Å². The summed E-state index contributed by atoms with van der Waals surface area (Å²) >= 11 is 0. The molecule has 0 fully saturated rings. The quantitative estimate of drug-likeness (QED) is 0.639. The van der Waals surface area contributed by atoms with Gasteiger partial charge in [-0.15, -0.1) is 0 Å². The Morgan fingerprint density at radius 1 is 1.38 bits per heavy atom. The van der Waals surface area contributed by atoms with Crippen molar-refractivity contribution < 1.29 is 14.4 Å². The van der Waals surface area contributed by atoms with Crippen molar-refractivity contribution >= 4 is 17.0 Å². The van der Waals surface area contributed by atoms with E-state index in [1.807, 2.05) is 0 Å². The molecule has 0 aliphatic carbocycles. The lowest BCUT2D eigenvalue weighted by molar-refractivity contribution is 0.0699. The van der Waals surface area contributed by atoms with Crippen LogP contribution in [0.1, 0.15) is 16.2 Å². The van der Waals surface area contributed by atoms with Gasteiger partial charge in [-0.1, -0.05) is 11.2 Å². The van der Waals surface area contributed by atoms with Crippen LogP contribution in [0.4, 0.5) is 0 Å². The summed E-state index contributed by atoms with van der Waals surface area (Å²) in [6.45, 7) is -0.0984. The van der Waals surface area contributed by atoms with E-state index < -0.39 is 17.1 Å². The molecule has 1 aromatic carbocycles. The average molecular weight is 288 g/mol. The molecule has 9 nitrogen and oxygen atoms in total. The van der Waals surface area contributed by atoms with E-state index in [2.05, 4.69) is 19.6 Å². The Morgan fingerprint density at radius 3 is 2.86 bits per heavy atom. The molecular weight excluding hydrogens is 280 g/mol. The van der Waals surface area contributed by atoms with Crippen molar-refractivity contribution in [2.24, 2.45) is 0 Å². The van der Waals surface area contributed by atoms with E-state index in [9.17, 15) is 14.4 Å². The molecule has 0 saturated carbocycles. The SMILES string of the molecule is O=C(O)c1cccc2c1[nH]c(=O)c(=O)n2Cc1ncon1. The van der Waals surface area contributed by atoms with E-state index in [1.54, 1.807) is 0 Å². The van der Waals surface area contributed by atoms with Gasteiger partial charge in [0.1, 0.15) is 0 Å². The Bertz CT molecular complexity index is 938. The van der Waals surface area contributed by atoms with Gasteiger partial charge in [-0.05, 0) is 12.1 Å². The van der Waals surface area contributed by atoms with Crippen LogP contribution < -0.4 is 11.1 Å². The molecule has 2 N–H and O–H groups in total. The fraction of sp³-hybridized carbons (Fsp3) is 0.0833. The first-order chi connectivity index (χ1) is 10.1. The second-order valence-corrected chi connectivity index (χ2v) is 4.20. The van der Waals surface area contributed by atoms with E-state index in [0.29, 0.717) is 0 Å². The van der Waals surface area contributed by atoms with Crippen LogP contribution in [0, 0.1) is 0 Å². The molecule has 0 unspecified atom stereocenters. The van der Waals surface area contributed by atoms with E-state index >= 15 is 0 Å². The van der Waals surface area contributed by atoms with E-state index in [4.69, 9.17) is 5.11 Å². The summed E-state index contributed by atoms with van der Waals surface area (Å²) in [6, 6.07) is 4.35. The summed E-state index contributed by atoms with van der Waals surface area (Å²) in [7, 11) is 0. The van der Waals surface area contributed by atoms with Gasteiger partial charge in [-0.2, -0.15) is 4.98 Å². The fourth-order valence-corrected chi connectivity index (χ4v) is 2.03. The van der Waals surface area contributed by atoms with Gasteiger partial charge in [-0.3, -0.25) is 14.2 Å². The summed E-state index contributed by atoms with van der Waals surface area (Å²) in [5.41, 5.74) is -1.51. The molecule has 2 aromatic heterocycles. The van der Waals surface area contributed by atoms with Gasteiger partial charge in [0.05, 0.1) is 23.1 Å². The Hall–Kier alpha value is -3.23. The first-order valence-electron chi connectivity index (χ1n) is 5.82. The molecule has 0 saturated heterocycles.